The van der Waals surface area contributed by atoms with Crippen LogP contribution < -0.4 is 10.1 Å². The lowest BCUT2D eigenvalue weighted by atomic mass is 10.1. The molecule has 2 aromatic rings. The van der Waals surface area contributed by atoms with Crippen LogP contribution in [0.5, 0.6) is 5.75 Å². The van der Waals surface area contributed by atoms with Crippen molar-refractivity contribution in [2.24, 2.45) is 0 Å². The minimum absolute atomic E-state index is 0.0184. The first kappa shape index (κ1) is 21.5. The third-order valence-electron chi connectivity index (χ3n) is 4.47. The summed E-state index contributed by atoms with van der Waals surface area (Å²) in [4.78, 5) is 26.9. The van der Waals surface area contributed by atoms with E-state index in [4.69, 9.17) is 4.74 Å². The van der Waals surface area contributed by atoms with Crippen molar-refractivity contribution >= 4 is 11.8 Å². The van der Waals surface area contributed by atoms with Crippen molar-refractivity contribution in [1.82, 2.24) is 10.2 Å². The smallest absolute Gasteiger partial charge is 0.261 e. The molecule has 0 saturated heterocycles. The summed E-state index contributed by atoms with van der Waals surface area (Å²) in [6, 6.07) is 16.9. The van der Waals surface area contributed by atoms with Gasteiger partial charge in [-0.2, -0.15) is 0 Å². The van der Waals surface area contributed by atoms with E-state index in [9.17, 15) is 9.59 Å². The van der Waals surface area contributed by atoms with E-state index in [2.05, 4.69) is 5.32 Å². The van der Waals surface area contributed by atoms with Crippen molar-refractivity contribution < 1.29 is 14.3 Å². The first-order chi connectivity index (χ1) is 13.4. The highest BCUT2D eigenvalue weighted by atomic mass is 16.5. The SMILES string of the molecule is Cc1ccc(OCC(=O)N(CCc2ccccc2)[C@@H](C)C(=O)NC(C)C)cc1. The summed E-state index contributed by atoms with van der Waals surface area (Å²) in [5.74, 6) is 0.274. The standard InChI is InChI=1S/C23H30N2O3/c1-17(2)24-23(27)19(4)25(15-14-20-8-6-5-7-9-20)22(26)16-28-21-12-10-18(3)11-13-21/h5-13,17,19H,14-16H2,1-4H3,(H,24,27)/t19-/m0/s1. The van der Waals surface area contributed by atoms with Crippen molar-refractivity contribution in [3.05, 3.63) is 65.7 Å². The number of nitrogens with one attached hydrogen (secondary N) is 1. The van der Waals surface area contributed by atoms with Crippen LogP contribution in [0.25, 0.3) is 0 Å². The van der Waals surface area contributed by atoms with Gasteiger partial charge in [0.15, 0.2) is 6.61 Å². The summed E-state index contributed by atoms with van der Waals surface area (Å²) in [5, 5.41) is 2.88. The van der Waals surface area contributed by atoms with Crippen LogP contribution in [0.15, 0.2) is 54.6 Å². The van der Waals surface area contributed by atoms with Gasteiger partial charge in [-0.1, -0.05) is 48.0 Å². The lowest BCUT2D eigenvalue weighted by Crippen LogP contribution is -2.51. The molecule has 150 valence electrons. The second kappa shape index (κ2) is 10.5. The molecule has 2 aromatic carbocycles. The van der Waals surface area contributed by atoms with Crippen molar-refractivity contribution in [3.8, 4) is 5.75 Å². The lowest BCUT2D eigenvalue weighted by molar-refractivity contribution is -0.141. The first-order valence-corrected chi connectivity index (χ1v) is 9.70. The Kier molecular flexibility index (Phi) is 8.05. The number of carbonyl (C=O) groups excluding carboxylic acids is 2. The van der Waals surface area contributed by atoms with Gasteiger partial charge in [0.05, 0.1) is 0 Å². The Morgan fingerprint density at radius 2 is 1.64 bits per heavy atom. The van der Waals surface area contributed by atoms with Gasteiger partial charge in [0.2, 0.25) is 5.91 Å². The molecule has 0 unspecified atom stereocenters. The van der Waals surface area contributed by atoms with E-state index in [1.54, 1.807) is 11.8 Å². The quantitative estimate of drug-likeness (QED) is 0.723. The van der Waals surface area contributed by atoms with E-state index in [1.165, 1.54) is 0 Å². The predicted molar refractivity (Wildman–Crippen MR) is 111 cm³/mol. The van der Waals surface area contributed by atoms with Crippen LogP contribution in [0.4, 0.5) is 0 Å². The Morgan fingerprint density at radius 3 is 2.25 bits per heavy atom. The monoisotopic (exact) mass is 382 g/mol. The number of carbonyl (C=O) groups is 2. The summed E-state index contributed by atoms with van der Waals surface area (Å²) in [6.07, 6.45) is 0.677. The van der Waals surface area contributed by atoms with Crippen molar-refractivity contribution in [3.63, 3.8) is 0 Å². The van der Waals surface area contributed by atoms with Crippen LogP contribution in [-0.2, 0) is 16.0 Å². The fraction of sp³-hybridized carbons (Fsp3) is 0.391. The molecule has 0 bridgehead atoms. The van der Waals surface area contributed by atoms with Gasteiger partial charge in [-0.15, -0.1) is 0 Å². The molecule has 0 radical (unpaired) electrons. The number of amides is 2. The minimum atomic E-state index is -0.569. The summed E-state index contributed by atoms with van der Waals surface area (Å²) < 4.78 is 5.64. The van der Waals surface area contributed by atoms with Gasteiger partial charge in [0, 0.05) is 12.6 Å². The van der Waals surface area contributed by atoms with Gasteiger partial charge in [-0.05, 0) is 51.8 Å². The van der Waals surface area contributed by atoms with Crippen LogP contribution in [0, 0.1) is 6.92 Å². The number of rotatable bonds is 9. The Bertz CT molecular complexity index is 757. The molecule has 0 saturated carbocycles. The molecule has 5 nitrogen and oxygen atoms in total. The van der Waals surface area contributed by atoms with E-state index < -0.39 is 6.04 Å². The molecule has 2 rings (SSSR count). The summed E-state index contributed by atoms with van der Waals surface area (Å²) in [6.45, 7) is 7.91. The maximum atomic E-state index is 12.9. The maximum absolute atomic E-state index is 12.9. The molecule has 28 heavy (non-hydrogen) atoms. The van der Waals surface area contributed by atoms with Gasteiger partial charge in [0.25, 0.3) is 5.91 Å². The Hall–Kier alpha value is -2.82. The molecule has 1 atom stereocenters. The van der Waals surface area contributed by atoms with Gasteiger partial charge in [-0.25, -0.2) is 0 Å². The average molecular weight is 383 g/mol. The normalized spacial score (nSPS) is 11.8. The molecule has 2 amide bonds. The third-order valence-corrected chi connectivity index (χ3v) is 4.47. The van der Waals surface area contributed by atoms with Crippen LogP contribution >= 0.6 is 0 Å². The van der Waals surface area contributed by atoms with E-state index >= 15 is 0 Å². The molecule has 0 aromatic heterocycles. The molecular weight excluding hydrogens is 352 g/mol. The summed E-state index contributed by atoms with van der Waals surface area (Å²) >= 11 is 0. The number of hydrogen-bond donors (Lipinski definition) is 1. The molecule has 0 spiro atoms. The highest BCUT2D eigenvalue weighted by molar-refractivity contribution is 5.88. The predicted octanol–water partition coefficient (Wildman–Crippen LogP) is 3.36. The molecule has 0 aliphatic heterocycles. The highest BCUT2D eigenvalue weighted by Crippen LogP contribution is 2.12. The summed E-state index contributed by atoms with van der Waals surface area (Å²) in [7, 11) is 0. The minimum Gasteiger partial charge on any atom is -0.484 e. The molecule has 5 heteroatoms. The van der Waals surface area contributed by atoms with Crippen molar-refractivity contribution in [2.45, 2.75) is 46.2 Å². The summed E-state index contributed by atoms with van der Waals surface area (Å²) in [5.41, 5.74) is 2.25. The first-order valence-electron chi connectivity index (χ1n) is 9.70. The molecule has 0 aliphatic rings. The zero-order chi connectivity index (χ0) is 20.5. The number of benzene rings is 2. The zero-order valence-corrected chi connectivity index (χ0v) is 17.1. The zero-order valence-electron chi connectivity index (χ0n) is 17.1. The number of aryl methyl sites for hydroxylation is 1. The maximum Gasteiger partial charge on any atom is 0.261 e. The fourth-order valence-electron chi connectivity index (χ4n) is 2.84. The average Bonchev–Trinajstić information content (AvgIpc) is 2.67. The largest absolute Gasteiger partial charge is 0.484 e. The molecular formula is C23H30N2O3. The third kappa shape index (κ3) is 6.72. The Balaban J connectivity index is 2.05. The van der Waals surface area contributed by atoms with Crippen LogP contribution in [0.1, 0.15) is 31.9 Å². The van der Waals surface area contributed by atoms with E-state index in [1.807, 2.05) is 75.4 Å². The topological polar surface area (TPSA) is 58.6 Å². The van der Waals surface area contributed by atoms with Crippen molar-refractivity contribution in [2.75, 3.05) is 13.2 Å². The fourth-order valence-corrected chi connectivity index (χ4v) is 2.84. The lowest BCUT2D eigenvalue weighted by Gasteiger charge is -2.29. The number of ether oxygens (including phenoxy) is 1. The number of nitrogens with zero attached hydrogens (tertiary/aromatic N) is 1. The van der Waals surface area contributed by atoms with Gasteiger partial charge < -0.3 is 15.0 Å². The van der Waals surface area contributed by atoms with Gasteiger partial charge >= 0.3 is 0 Å². The highest BCUT2D eigenvalue weighted by Gasteiger charge is 2.26. The van der Waals surface area contributed by atoms with E-state index in [0.717, 1.165) is 11.1 Å². The van der Waals surface area contributed by atoms with Crippen LogP contribution in [0.2, 0.25) is 0 Å². The van der Waals surface area contributed by atoms with Gasteiger partial charge in [0.1, 0.15) is 11.8 Å². The Morgan fingerprint density at radius 1 is 1.00 bits per heavy atom. The van der Waals surface area contributed by atoms with Crippen LogP contribution in [-0.4, -0.2) is 41.9 Å². The molecule has 0 heterocycles. The molecule has 0 aliphatic carbocycles. The molecule has 1 N–H and O–H groups in total. The van der Waals surface area contributed by atoms with Gasteiger partial charge in [-0.3, -0.25) is 9.59 Å². The Labute approximate surface area is 167 Å². The van der Waals surface area contributed by atoms with E-state index in [-0.39, 0.29) is 24.5 Å². The second-order valence-electron chi connectivity index (χ2n) is 7.26. The van der Waals surface area contributed by atoms with E-state index in [0.29, 0.717) is 18.7 Å². The second-order valence-corrected chi connectivity index (χ2v) is 7.26. The molecule has 0 fully saturated rings. The number of hydrogen-bond acceptors (Lipinski definition) is 3. The van der Waals surface area contributed by atoms with Crippen molar-refractivity contribution in [1.29, 1.82) is 0 Å². The van der Waals surface area contributed by atoms with Crippen LogP contribution in [0.3, 0.4) is 0 Å².